The molecular formula is C18H16ClNO2. The molecule has 0 spiro atoms. The molecule has 112 valence electrons. The maximum absolute atomic E-state index is 12.9. The van der Waals surface area contributed by atoms with E-state index in [2.05, 4.69) is 0 Å². The van der Waals surface area contributed by atoms with Crippen LogP contribution in [-0.2, 0) is 0 Å². The molecule has 4 heteroatoms. The number of fused-ring (bicyclic) bond motifs is 1. The van der Waals surface area contributed by atoms with Gasteiger partial charge in [-0.3, -0.25) is 9.59 Å². The van der Waals surface area contributed by atoms with Gasteiger partial charge in [0, 0.05) is 29.1 Å². The van der Waals surface area contributed by atoms with Gasteiger partial charge in [-0.1, -0.05) is 29.8 Å². The van der Waals surface area contributed by atoms with Crippen molar-refractivity contribution in [1.82, 2.24) is 0 Å². The summed E-state index contributed by atoms with van der Waals surface area (Å²) in [5.41, 5.74) is 2.78. The summed E-state index contributed by atoms with van der Waals surface area (Å²) in [7, 11) is 0. The second kappa shape index (κ2) is 5.93. The van der Waals surface area contributed by atoms with Crippen LogP contribution in [0.3, 0.4) is 0 Å². The second-order valence-electron chi connectivity index (χ2n) is 5.46. The van der Waals surface area contributed by atoms with E-state index in [9.17, 15) is 9.59 Å². The predicted molar refractivity (Wildman–Crippen MR) is 87.9 cm³/mol. The number of hydrogen-bond donors (Lipinski definition) is 0. The monoisotopic (exact) mass is 313 g/mol. The third kappa shape index (κ3) is 2.64. The summed E-state index contributed by atoms with van der Waals surface area (Å²) in [5.74, 6) is -0.0334. The Bertz CT molecular complexity index is 755. The molecule has 1 aliphatic rings. The lowest BCUT2D eigenvalue weighted by Gasteiger charge is -2.23. The Kier molecular flexibility index (Phi) is 3.99. The molecule has 1 heterocycles. The van der Waals surface area contributed by atoms with E-state index in [1.54, 1.807) is 23.1 Å². The highest BCUT2D eigenvalue weighted by molar-refractivity contribution is 6.31. The minimum atomic E-state index is -0.0728. The SMILES string of the molecule is Cc1ccccc1C(=O)N1CCCC(=O)c2cc(Cl)ccc21. The third-order valence-corrected chi connectivity index (χ3v) is 4.19. The molecule has 3 nitrogen and oxygen atoms in total. The van der Waals surface area contributed by atoms with Crippen LogP contribution in [0.1, 0.15) is 39.1 Å². The van der Waals surface area contributed by atoms with Crippen LogP contribution in [0, 0.1) is 6.92 Å². The quantitative estimate of drug-likeness (QED) is 0.788. The summed E-state index contributed by atoms with van der Waals surface area (Å²) in [6.07, 6.45) is 1.09. The summed E-state index contributed by atoms with van der Waals surface area (Å²) < 4.78 is 0. The van der Waals surface area contributed by atoms with Crippen molar-refractivity contribution in [3.05, 3.63) is 64.2 Å². The Morgan fingerprint density at radius 1 is 1.18 bits per heavy atom. The molecular weight excluding hydrogens is 298 g/mol. The Hall–Kier alpha value is -2.13. The van der Waals surface area contributed by atoms with Gasteiger partial charge in [0.25, 0.3) is 5.91 Å². The molecule has 0 radical (unpaired) electrons. The first kappa shape index (κ1) is 14.8. The van der Waals surface area contributed by atoms with E-state index in [0.717, 1.165) is 5.56 Å². The fourth-order valence-electron chi connectivity index (χ4n) is 2.79. The molecule has 0 unspecified atom stereocenters. The molecule has 0 atom stereocenters. The molecule has 2 aromatic carbocycles. The van der Waals surface area contributed by atoms with Gasteiger partial charge in [-0.05, 0) is 43.2 Å². The van der Waals surface area contributed by atoms with Crippen molar-refractivity contribution in [1.29, 1.82) is 0 Å². The standard InChI is InChI=1S/C18H16ClNO2/c1-12-5-2-3-6-14(12)18(22)20-10-4-7-17(21)15-11-13(19)8-9-16(15)20/h2-3,5-6,8-9,11H,4,7,10H2,1H3. The number of halogens is 1. The zero-order valence-corrected chi connectivity index (χ0v) is 13.1. The highest BCUT2D eigenvalue weighted by Gasteiger charge is 2.26. The molecule has 0 aliphatic carbocycles. The summed E-state index contributed by atoms with van der Waals surface area (Å²) in [5, 5.41) is 0.511. The summed E-state index contributed by atoms with van der Waals surface area (Å²) in [6.45, 7) is 2.45. The van der Waals surface area contributed by atoms with Gasteiger partial charge in [0.1, 0.15) is 0 Å². The summed E-state index contributed by atoms with van der Waals surface area (Å²) in [6, 6.07) is 12.6. The number of Topliss-reactive ketones (excluding diaryl/α,β-unsaturated/α-hetero) is 1. The normalized spacial score (nSPS) is 14.5. The van der Waals surface area contributed by atoms with Crippen LogP contribution in [0.4, 0.5) is 5.69 Å². The zero-order valence-electron chi connectivity index (χ0n) is 12.3. The van der Waals surface area contributed by atoms with Crippen LogP contribution in [0.2, 0.25) is 5.02 Å². The Morgan fingerprint density at radius 2 is 1.95 bits per heavy atom. The summed E-state index contributed by atoms with van der Waals surface area (Å²) >= 11 is 6.01. The highest BCUT2D eigenvalue weighted by atomic mass is 35.5. The van der Waals surface area contributed by atoms with E-state index in [1.807, 2.05) is 31.2 Å². The molecule has 0 N–H and O–H groups in total. The van der Waals surface area contributed by atoms with Crippen LogP contribution >= 0.6 is 11.6 Å². The van der Waals surface area contributed by atoms with Crippen molar-refractivity contribution >= 4 is 29.0 Å². The molecule has 1 amide bonds. The van der Waals surface area contributed by atoms with E-state index in [4.69, 9.17) is 11.6 Å². The number of carbonyl (C=O) groups excluding carboxylic acids is 2. The number of benzene rings is 2. The van der Waals surface area contributed by atoms with Crippen LogP contribution in [0.25, 0.3) is 0 Å². The Labute approximate surface area is 134 Å². The number of nitrogens with zero attached hydrogens (tertiary/aromatic N) is 1. The van der Waals surface area contributed by atoms with Gasteiger partial charge in [-0.15, -0.1) is 0 Å². The fraction of sp³-hybridized carbons (Fsp3) is 0.222. The van der Waals surface area contributed by atoms with Crippen LogP contribution in [0.5, 0.6) is 0 Å². The Balaban J connectivity index is 2.08. The number of rotatable bonds is 1. The summed E-state index contributed by atoms with van der Waals surface area (Å²) in [4.78, 5) is 26.8. The average molecular weight is 314 g/mol. The maximum Gasteiger partial charge on any atom is 0.258 e. The third-order valence-electron chi connectivity index (χ3n) is 3.96. The van der Waals surface area contributed by atoms with E-state index in [1.165, 1.54) is 0 Å². The lowest BCUT2D eigenvalue weighted by atomic mass is 10.0. The topological polar surface area (TPSA) is 37.4 Å². The number of aryl methyl sites for hydroxylation is 1. The van der Waals surface area contributed by atoms with Gasteiger partial charge in [-0.25, -0.2) is 0 Å². The van der Waals surface area contributed by atoms with Crippen molar-refractivity contribution in [2.75, 3.05) is 11.4 Å². The number of ketones is 1. The van der Waals surface area contributed by atoms with Crippen molar-refractivity contribution < 1.29 is 9.59 Å². The number of carbonyl (C=O) groups is 2. The Morgan fingerprint density at radius 3 is 2.73 bits per heavy atom. The largest absolute Gasteiger partial charge is 0.308 e. The number of hydrogen-bond acceptors (Lipinski definition) is 2. The number of amides is 1. The second-order valence-corrected chi connectivity index (χ2v) is 5.90. The number of anilines is 1. The van der Waals surface area contributed by atoms with Gasteiger partial charge >= 0.3 is 0 Å². The molecule has 0 fully saturated rings. The van der Waals surface area contributed by atoms with Gasteiger partial charge in [0.2, 0.25) is 0 Å². The molecule has 0 bridgehead atoms. The van der Waals surface area contributed by atoms with Crippen molar-refractivity contribution in [3.8, 4) is 0 Å². The van der Waals surface area contributed by atoms with Gasteiger partial charge in [-0.2, -0.15) is 0 Å². The average Bonchev–Trinajstić information content (AvgIpc) is 2.67. The van der Waals surface area contributed by atoms with E-state index >= 15 is 0 Å². The first-order valence-electron chi connectivity index (χ1n) is 7.28. The van der Waals surface area contributed by atoms with Crippen molar-refractivity contribution in [2.24, 2.45) is 0 Å². The van der Waals surface area contributed by atoms with Gasteiger partial charge in [0.15, 0.2) is 5.78 Å². The van der Waals surface area contributed by atoms with Crippen molar-refractivity contribution in [2.45, 2.75) is 19.8 Å². The first-order chi connectivity index (χ1) is 10.6. The fourth-order valence-corrected chi connectivity index (χ4v) is 2.96. The molecule has 0 saturated carbocycles. The maximum atomic E-state index is 12.9. The molecule has 0 saturated heterocycles. The van der Waals surface area contributed by atoms with Crippen LogP contribution < -0.4 is 4.90 Å². The van der Waals surface area contributed by atoms with Crippen LogP contribution in [-0.4, -0.2) is 18.2 Å². The highest BCUT2D eigenvalue weighted by Crippen LogP contribution is 2.30. The molecule has 1 aliphatic heterocycles. The van der Waals surface area contributed by atoms with Gasteiger partial charge < -0.3 is 4.90 Å². The first-order valence-corrected chi connectivity index (χ1v) is 7.66. The smallest absolute Gasteiger partial charge is 0.258 e. The van der Waals surface area contributed by atoms with Gasteiger partial charge in [0.05, 0.1) is 5.69 Å². The lowest BCUT2D eigenvalue weighted by Crippen LogP contribution is -2.32. The minimum Gasteiger partial charge on any atom is -0.308 e. The van der Waals surface area contributed by atoms with E-state index < -0.39 is 0 Å². The lowest BCUT2D eigenvalue weighted by molar-refractivity contribution is 0.0973. The van der Waals surface area contributed by atoms with E-state index in [-0.39, 0.29) is 11.7 Å². The molecule has 0 aromatic heterocycles. The zero-order chi connectivity index (χ0) is 15.7. The predicted octanol–water partition coefficient (Wildman–Crippen LogP) is 4.27. The molecule has 22 heavy (non-hydrogen) atoms. The molecule has 2 aromatic rings. The van der Waals surface area contributed by atoms with Crippen molar-refractivity contribution in [3.63, 3.8) is 0 Å². The minimum absolute atomic E-state index is 0.0394. The van der Waals surface area contributed by atoms with E-state index in [0.29, 0.717) is 41.2 Å². The van der Waals surface area contributed by atoms with Crippen LogP contribution in [0.15, 0.2) is 42.5 Å². The molecule has 3 rings (SSSR count).